The molecule has 1 amide bonds. The van der Waals surface area contributed by atoms with Gasteiger partial charge in [0.05, 0.1) is 23.8 Å². The van der Waals surface area contributed by atoms with Gasteiger partial charge in [-0.1, -0.05) is 0 Å². The number of alkyl carbamates (subject to hydrolysis) is 1. The average molecular weight is 365 g/mol. The number of hydrogen-bond acceptors (Lipinski definition) is 5. The van der Waals surface area contributed by atoms with Gasteiger partial charge in [-0.3, -0.25) is 4.98 Å². The molecule has 0 radical (unpaired) electrons. The van der Waals surface area contributed by atoms with Crippen LogP contribution in [0.5, 0.6) is 0 Å². The van der Waals surface area contributed by atoms with E-state index in [4.69, 9.17) is 9.47 Å². The number of fused-ring (bicyclic) bond motifs is 1. The van der Waals surface area contributed by atoms with Crippen molar-refractivity contribution >= 4 is 23.1 Å². The number of carbonyl (C=O) groups excluding carboxylic acids is 2. The van der Waals surface area contributed by atoms with Gasteiger partial charge in [-0.25, -0.2) is 14.0 Å². The predicted octanol–water partition coefficient (Wildman–Crippen LogP) is 3.27. The van der Waals surface area contributed by atoms with Crippen LogP contribution in [0, 0.1) is 5.82 Å². The minimum Gasteiger partial charge on any atom is -0.461 e. The van der Waals surface area contributed by atoms with Gasteiger partial charge in [0.2, 0.25) is 0 Å². The van der Waals surface area contributed by atoms with Gasteiger partial charge >= 0.3 is 12.1 Å². The number of rotatable bonds is 5. The molecule has 0 bridgehead atoms. The minimum absolute atomic E-state index is 0.216. The van der Waals surface area contributed by atoms with Gasteiger partial charge in [-0.05, 0) is 40.7 Å². The van der Waals surface area contributed by atoms with Crippen LogP contribution in [-0.2, 0) is 16.0 Å². The standard InChI is InChI=1S/C18H24FN3O4/c1-6-25-16(23)15-8-13-14(7-12(19)9-20-13)22(15)10-11(2)21-17(24)26-18(3,4)5/h7-9,11H,6,10H2,1-5H3,(H,21,24)/t11-/m1/s1. The average Bonchev–Trinajstić information content (AvgIpc) is 2.83. The number of hydrogen-bond donors (Lipinski definition) is 1. The topological polar surface area (TPSA) is 82.5 Å². The van der Waals surface area contributed by atoms with E-state index in [0.717, 1.165) is 6.20 Å². The van der Waals surface area contributed by atoms with Crippen LogP contribution >= 0.6 is 0 Å². The molecule has 0 saturated heterocycles. The first-order valence-corrected chi connectivity index (χ1v) is 8.42. The van der Waals surface area contributed by atoms with Crippen LogP contribution in [0.25, 0.3) is 11.0 Å². The summed E-state index contributed by atoms with van der Waals surface area (Å²) >= 11 is 0. The fraction of sp³-hybridized carbons (Fsp3) is 0.500. The number of aromatic nitrogens is 2. The lowest BCUT2D eigenvalue weighted by atomic mass is 10.2. The summed E-state index contributed by atoms with van der Waals surface area (Å²) in [5, 5.41) is 2.70. The van der Waals surface area contributed by atoms with E-state index in [0.29, 0.717) is 11.0 Å². The highest BCUT2D eigenvalue weighted by Crippen LogP contribution is 2.20. The number of nitrogens with zero attached hydrogens (tertiary/aromatic N) is 2. The SMILES string of the molecule is CCOC(=O)c1cc2ncc(F)cc2n1C[C@@H](C)NC(=O)OC(C)(C)C. The Labute approximate surface area is 151 Å². The number of pyridine rings is 1. The molecule has 0 aliphatic carbocycles. The zero-order valence-corrected chi connectivity index (χ0v) is 15.6. The van der Waals surface area contributed by atoms with Crippen LogP contribution in [0.4, 0.5) is 9.18 Å². The highest BCUT2D eigenvalue weighted by molar-refractivity contribution is 5.94. The monoisotopic (exact) mass is 365 g/mol. The Balaban J connectivity index is 2.28. The molecule has 2 aromatic rings. The van der Waals surface area contributed by atoms with E-state index in [2.05, 4.69) is 10.3 Å². The maximum absolute atomic E-state index is 13.6. The van der Waals surface area contributed by atoms with Crippen molar-refractivity contribution in [2.75, 3.05) is 6.61 Å². The van der Waals surface area contributed by atoms with Crippen molar-refractivity contribution in [1.82, 2.24) is 14.9 Å². The first-order chi connectivity index (χ1) is 12.1. The molecule has 2 heterocycles. The van der Waals surface area contributed by atoms with E-state index in [1.165, 1.54) is 6.07 Å². The molecule has 0 fully saturated rings. The molecule has 7 nitrogen and oxygen atoms in total. The Morgan fingerprint density at radius 3 is 2.65 bits per heavy atom. The number of halogens is 1. The molecule has 0 unspecified atom stereocenters. The zero-order chi connectivity index (χ0) is 19.5. The van der Waals surface area contributed by atoms with Crippen molar-refractivity contribution in [1.29, 1.82) is 0 Å². The second-order valence-electron chi connectivity index (χ2n) is 6.97. The van der Waals surface area contributed by atoms with Crippen LogP contribution < -0.4 is 5.32 Å². The van der Waals surface area contributed by atoms with Crippen molar-refractivity contribution < 1.29 is 23.5 Å². The van der Waals surface area contributed by atoms with Gasteiger partial charge in [0.1, 0.15) is 17.1 Å². The largest absolute Gasteiger partial charge is 0.461 e. The highest BCUT2D eigenvalue weighted by atomic mass is 19.1. The van der Waals surface area contributed by atoms with E-state index in [1.807, 2.05) is 0 Å². The Morgan fingerprint density at radius 2 is 2.04 bits per heavy atom. The lowest BCUT2D eigenvalue weighted by Crippen LogP contribution is -2.40. The third kappa shape index (κ3) is 4.93. The van der Waals surface area contributed by atoms with Gasteiger partial charge in [0.15, 0.2) is 0 Å². The Bertz CT molecular complexity index is 811. The molecule has 1 N–H and O–H groups in total. The van der Waals surface area contributed by atoms with Crippen LogP contribution in [-0.4, -0.2) is 39.9 Å². The number of nitrogens with one attached hydrogen (secondary N) is 1. The summed E-state index contributed by atoms with van der Waals surface area (Å²) in [6.45, 7) is 9.21. The van der Waals surface area contributed by atoms with Gasteiger partial charge in [0, 0.05) is 18.7 Å². The maximum atomic E-state index is 13.6. The second kappa shape index (κ2) is 7.72. The zero-order valence-electron chi connectivity index (χ0n) is 15.6. The fourth-order valence-electron chi connectivity index (χ4n) is 2.50. The van der Waals surface area contributed by atoms with Gasteiger partial charge in [0.25, 0.3) is 0 Å². The Morgan fingerprint density at radius 1 is 1.35 bits per heavy atom. The van der Waals surface area contributed by atoms with Crippen LogP contribution in [0.1, 0.15) is 45.1 Å². The molecule has 8 heteroatoms. The maximum Gasteiger partial charge on any atom is 0.407 e. The molecule has 0 aromatic carbocycles. The van der Waals surface area contributed by atoms with Gasteiger partial charge in [-0.2, -0.15) is 0 Å². The summed E-state index contributed by atoms with van der Waals surface area (Å²) in [4.78, 5) is 28.2. The molecule has 0 aliphatic heterocycles. The Hall–Kier alpha value is -2.64. The highest BCUT2D eigenvalue weighted by Gasteiger charge is 2.22. The molecule has 2 rings (SSSR count). The van der Waals surface area contributed by atoms with E-state index in [1.54, 1.807) is 45.3 Å². The molecule has 1 atom stereocenters. The Kier molecular flexibility index (Phi) is 5.84. The van der Waals surface area contributed by atoms with Gasteiger partial charge < -0.3 is 19.4 Å². The smallest absolute Gasteiger partial charge is 0.407 e. The van der Waals surface area contributed by atoms with Crippen molar-refractivity contribution in [3.05, 3.63) is 29.8 Å². The molecule has 2 aromatic heterocycles. The molecule has 0 spiro atoms. The summed E-state index contributed by atoms with van der Waals surface area (Å²) in [6.07, 6.45) is 0.521. The summed E-state index contributed by atoms with van der Waals surface area (Å²) in [6, 6.07) is 2.47. The van der Waals surface area contributed by atoms with Crippen LogP contribution in [0.15, 0.2) is 18.3 Å². The normalized spacial score (nSPS) is 12.7. The first-order valence-electron chi connectivity index (χ1n) is 8.42. The number of carbonyl (C=O) groups is 2. The minimum atomic E-state index is -0.618. The van der Waals surface area contributed by atoms with E-state index in [-0.39, 0.29) is 24.9 Å². The van der Waals surface area contributed by atoms with Crippen molar-refractivity contribution in [2.24, 2.45) is 0 Å². The lowest BCUT2D eigenvalue weighted by Gasteiger charge is -2.22. The van der Waals surface area contributed by atoms with E-state index >= 15 is 0 Å². The summed E-state index contributed by atoms with van der Waals surface area (Å²) in [5.74, 6) is -1.05. The second-order valence-corrected chi connectivity index (χ2v) is 6.97. The van der Waals surface area contributed by atoms with Crippen molar-refractivity contribution in [3.63, 3.8) is 0 Å². The summed E-state index contributed by atoms with van der Waals surface area (Å²) in [7, 11) is 0. The first kappa shape index (κ1) is 19.7. The van der Waals surface area contributed by atoms with Crippen LogP contribution in [0.2, 0.25) is 0 Å². The predicted molar refractivity (Wildman–Crippen MR) is 94.5 cm³/mol. The third-order valence-electron chi connectivity index (χ3n) is 3.42. The fourth-order valence-corrected chi connectivity index (χ4v) is 2.50. The molecule has 142 valence electrons. The third-order valence-corrected chi connectivity index (χ3v) is 3.42. The summed E-state index contributed by atoms with van der Waals surface area (Å²) in [5.41, 5.74) is 0.551. The van der Waals surface area contributed by atoms with Gasteiger partial charge in [-0.15, -0.1) is 0 Å². The van der Waals surface area contributed by atoms with Crippen molar-refractivity contribution in [2.45, 2.75) is 52.8 Å². The molecule has 0 saturated carbocycles. The lowest BCUT2D eigenvalue weighted by molar-refractivity contribution is 0.0504. The molecular weight excluding hydrogens is 341 g/mol. The molecular formula is C18H24FN3O4. The quantitative estimate of drug-likeness (QED) is 0.823. The van der Waals surface area contributed by atoms with E-state index in [9.17, 15) is 14.0 Å². The summed E-state index contributed by atoms with van der Waals surface area (Å²) < 4.78 is 25.5. The molecule has 0 aliphatic rings. The van der Waals surface area contributed by atoms with Crippen LogP contribution in [0.3, 0.4) is 0 Å². The number of amides is 1. The van der Waals surface area contributed by atoms with E-state index < -0.39 is 23.5 Å². The number of ether oxygens (including phenoxy) is 2. The van der Waals surface area contributed by atoms with Crippen molar-refractivity contribution in [3.8, 4) is 0 Å². The molecule has 26 heavy (non-hydrogen) atoms. The number of esters is 1.